The quantitative estimate of drug-likeness (QED) is 0.794. The summed E-state index contributed by atoms with van der Waals surface area (Å²) in [6.07, 6.45) is 1.62. The van der Waals surface area contributed by atoms with Crippen molar-refractivity contribution in [3.63, 3.8) is 0 Å². The normalized spacial score (nSPS) is 13.7. The first-order valence-corrected chi connectivity index (χ1v) is 8.29. The van der Waals surface area contributed by atoms with Gasteiger partial charge in [-0.2, -0.15) is 0 Å². The molecule has 0 spiro atoms. The van der Waals surface area contributed by atoms with Crippen LogP contribution < -0.4 is 5.56 Å². The van der Waals surface area contributed by atoms with Gasteiger partial charge in [-0.15, -0.1) is 0 Å². The van der Waals surface area contributed by atoms with Gasteiger partial charge in [0.15, 0.2) is 0 Å². The summed E-state index contributed by atoms with van der Waals surface area (Å²) in [4.78, 5) is 24.9. The van der Waals surface area contributed by atoms with Crippen molar-refractivity contribution in [3.8, 4) is 11.1 Å². The second-order valence-electron chi connectivity index (χ2n) is 7.30. The van der Waals surface area contributed by atoms with E-state index in [4.69, 9.17) is 4.74 Å². The Morgan fingerprint density at radius 3 is 2.42 bits per heavy atom. The van der Waals surface area contributed by atoms with Crippen molar-refractivity contribution in [2.75, 3.05) is 7.11 Å². The van der Waals surface area contributed by atoms with Crippen LogP contribution in [0.4, 0.5) is 0 Å². The summed E-state index contributed by atoms with van der Waals surface area (Å²) in [5.41, 5.74) is 3.93. The molecular weight excluding hydrogens is 302 g/mol. The van der Waals surface area contributed by atoms with Crippen LogP contribution in [0.1, 0.15) is 48.8 Å². The minimum Gasteiger partial charge on any atom is -0.465 e. The van der Waals surface area contributed by atoms with Crippen molar-refractivity contribution >= 4 is 5.97 Å². The molecule has 24 heavy (non-hydrogen) atoms. The van der Waals surface area contributed by atoms with E-state index in [1.165, 1.54) is 12.7 Å². The van der Waals surface area contributed by atoms with E-state index in [0.29, 0.717) is 17.7 Å². The standard InChI is InChI=1S/C20H23NO3/c1-20(2,3)14-9-7-13(8-10-14)15-12-16(19(23)24-4)17-6-5-11-21(17)18(15)22/h7-10,12H,5-6,11H2,1-4H3. The van der Waals surface area contributed by atoms with E-state index in [-0.39, 0.29) is 16.9 Å². The topological polar surface area (TPSA) is 48.3 Å². The number of fused-ring (bicyclic) bond motifs is 1. The zero-order valence-electron chi connectivity index (χ0n) is 14.7. The predicted molar refractivity (Wildman–Crippen MR) is 94.5 cm³/mol. The maximum absolute atomic E-state index is 12.8. The Morgan fingerprint density at radius 2 is 1.83 bits per heavy atom. The number of methoxy groups -OCH3 is 1. The Kier molecular flexibility index (Phi) is 4.08. The van der Waals surface area contributed by atoms with Gasteiger partial charge in [0.25, 0.3) is 5.56 Å². The van der Waals surface area contributed by atoms with E-state index in [2.05, 4.69) is 20.8 Å². The number of hydrogen-bond acceptors (Lipinski definition) is 3. The van der Waals surface area contributed by atoms with Crippen LogP contribution in [0.2, 0.25) is 0 Å². The van der Waals surface area contributed by atoms with Gasteiger partial charge in [0.1, 0.15) is 0 Å². The molecule has 1 aliphatic heterocycles. The molecule has 0 aliphatic carbocycles. The zero-order valence-corrected chi connectivity index (χ0v) is 14.7. The lowest BCUT2D eigenvalue weighted by Gasteiger charge is -2.19. The van der Waals surface area contributed by atoms with Crippen molar-refractivity contribution in [1.82, 2.24) is 4.57 Å². The molecule has 3 rings (SSSR count). The van der Waals surface area contributed by atoms with Gasteiger partial charge >= 0.3 is 5.97 Å². The van der Waals surface area contributed by atoms with Crippen LogP contribution in [-0.4, -0.2) is 17.6 Å². The molecule has 0 atom stereocenters. The number of ether oxygens (including phenoxy) is 1. The fourth-order valence-corrected chi connectivity index (χ4v) is 3.26. The minimum atomic E-state index is -0.381. The Bertz CT molecular complexity index is 839. The van der Waals surface area contributed by atoms with Gasteiger partial charge < -0.3 is 9.30 Å². The van der Waals surface area contributed by atoms with Gasteiger partial charge in [-0.1, -0.05) is 45.0 Å². The number of benzene rings is 1. The molecule has 2 aromatic rings. The molecule has 1 aliphatic rings. The van der Waals surface area contributed by atoms with E-state index in [9.17, 15) is 9.59 Å². The minimum absolute atomic E-state index is 0.0290. The van der Waals surface area contributed by atoms with Gasteiger partial charge in [-0.05, 0) is 35.4 Å². The van der Waals surface area contributed by atoms with Crippen LogP contribution in [0.3, 0.4) is 0 Å². The molecule has 0 saturated heterocycles. The lowest BCUT2D eigenvalue weighted by molar-refractivity contribution is 0.0598. The SMILES string of the molecule is COC(=O)c1cc(-c2ccc(C(C)(C)C)cc2)c(=O)n2c1CCC2. The van der Waals surface area contributed by atoms with Crippen LogP contribution in [0, 0.1) is 0 Å². The number of hydrogen-bond donors (Lipinski definition) is 0. The molecule has 1 aromatic carbocycles. The monoisotopic (exact) mass is 325 g/mol. The second kappa shape index (κ2) is 5.93. The highest BCUT2D eigenvalue weighted by Gasteiger charge is 2.24. The lowest BCUT2D eigenvalue weighted by Crippen LogP contribution is -2.24. The number of carbonyl (C=O) groups excluding carboxylic acids is 1. The van der Waals surface area contributed by atoms with E-state index >= 15 is 0 Å². The van der Waals surface area contributed by atoms with Crippen molar-refractivity contribution < 1.29 is 9.53 Å². The first kappa shape index (κ1) is 16.5. The summed E-state index contributed by atoms with van der Waals surface area (Å²) >= 11 is 0. The largest absolute Gasteiger partial charge is 0.465 e. The first-order chi connectivity index (χ1) is 11.3. The first-order valence-electron chi connectivity index (χ1n) is 8.29. The van der Waals surface area contributed by atoms with Gasteiger partial charge in [0.2, 0.25) is 0 Å². The predicted octanol–water partition coefficient (Wildman–Crippen LogP) is 3.55. The van der Waals surface area contributed by atoms with Crippen molar-refractivity contribution in [1.29, 1.82) is 0 Å². The third-order valence-corrected chi connectivity index (χ3v) is 4.66. The number of pyridine rings is 1. The number of carbonyl (C=O) groups is 1. The molecule has 4 nitrogen and oxygen atoms in total. The molecule has 0 radical (unpaired) electrons. The van der Waals surface area contributed by atoms with E-state index < -0.39 is 0 Å². The Labute approximate surface area is 142 Å². The fourth-order valence-electron chi connectivity index (χ4n) is 3.26. The molecular formula is C20H23NO3. The van der Waals surface area contributed by atoms with E-state index in [1.807, 2.05) is 24.3 Å². The highest BCUT2D eigenvalue weighted by Crippen LogP contribution is 2.27. The Hall–Kier alpha value is -2.36. The maximum atomic E-state index is 12.8. The average Bonchev–Trinajstić information content (AvgIpc) is 3.04. The lowest BCUT2D eigenvalue weighted by atomic mass is 9.86. The van der Waals surface area contributed by atoms with Crippen LogP contribution in [-0.2, 0) is 23.1 Å². The van der Waals surface area contributed by atoms with Crippen LogP contribution in [0.25, 0.3) is 11.1 Å². The summed E-state index contributed by atoms with van der Waals surface area (Å²) in [6.45, 7) is 7.12. The average molecular weight is 325 g/mol. The van der Waals surface area contributed by atoms with Crippen molar-refractivity contribution in [2.24, 2.45) is 0 Å². The number of nitrogens with zero attached hydrogens (tertiary/aromatic N) is 1. The summed E-state index contributed by atoms with van der Waals surface area (Å²) in [5.74, 6) is -0.381. The Morgan fingerprint density at radius 1 is 1.17 bits per heavy atom. The molecule has 0 amide bonds. The molecule has 0 bridgehead atoms. The summed E-state index contributed by atoms with van der Waals surface area (Å²) in [5, 5.41) is 0. The molecule has 0 fully saturated rings. The van der Waals surface area contributed by atoms with Crippen LogP contribution in [0.5, 0.6) is 0 Å². The molecule has 0 N–H and O–H groups in total. The number of rotatable bonds is 2. The highest BCUT2D eigenvalue weighted by molar-refractivity contribution is 5.92. The van der Waals surface area contributed by atoms with Gasteiger partial charge in [-0.25, -0.2) is 4.79 Å². The van der Waals surface area contributed by atoms with Gasteiger partial charge in [-0.3, -0.25) is 4.79 Å². The molecule has 2 heterocycles. The van der Waals surface area contributed by atoms with Crippen LogP contribution >= 0.6 is 0 Å². The van der Waals surface area contributed by atoms with E-state index in [1.54, 1.807) is 10.6 Å². The van der Waals surface area contributed by atoms with Crippen molar-refractivity contribution in [3.05, 3.63) is 57.5 Å². The molecule has 0 saturated carbocycles. The zero-order chi connectivity index (χ0) is 17.5. The molecule has 0 unspecified atom stereocenters. The smallest absolute Gasteiger partial charge is 0.339 e. The summed E-state index contributed by atoms with van der Waals surface area (Å²) in [6, 6.07) is 9.70. The molecule has 4 heteroatoms. The fraction of sp³-hybridized carbons (Fsp3) is 0.400. The van der Waals surface area contributed by atoms with Crippen molar-refractivity contribution in [2.45, 2.75) is 45.6 Å². The van der Waals surface area contributed by atoms with E-state index in [0.717, 1.165) is 24.1 Å². The van der Waals surface area contributed by atoms with Gasteiger partial charge in [0.05, 0.1) is 12.7 Å². The molecule has 126 valence electrons. The third-order valence-electron chi connectivity index (χ3n) is 4.66. The van der Waals surface area contributed by atoms with Gasteiger partial charge in [0, 0.05) is 17.8 Å². The van der Waals surface area contributed by atoms with Crippen LogP contribution in [0.15, 0.2) is 35.1 Å². The number of esters is 1. The maximum Gasteiger partial charge on any atom is 0.339 e. The Balaban J connectivity index is 2.15. The third kappa shape index (κ3) is 2.77. The molecule has 1 aromatic heterocycles. The number of aromatic nitrogens is 1. The summed E-state index contributed by atoms with van der Waals surface area (Å²) < 4.78 is 6.62. The second-order valence-corrected chi connectivity index (χ2v) is 7.30. The summed E-state index contributed by atoms with van der Waals surface area (Å²) in [7, 11) is 1.37. The highest BCUT2D eigenvalue weighted by atomic mass is 16.5.